The van der Waals surface area contributed by atoms with E-state index >= 15 is 4.79 Å². The van der Waals surface area contributed by atoms with Crippen LogP contribution in [0, 0.1) is 57.0 Å². The molecule has 5 heterocycles. The Balaban J connectivity index is 1.01. The molecule has 2 bridgehead atoms. The Labute approximate surface area is 491 Å². The maximum Gasteiger partial charge on any atom is 0.407 e. The van der Waals surface area contributed by atoms with Crippen molar-refractivity contribution in [2.24, 2.45) is 46.8 Å². The molecule has 5 saturated heterocycles. The quantitative estimate of drug-likeness (QED) is 0.0457. The van der Waals surface area contributed by atoms with Crippen molar-refractivity contribution in [2.75, 3.05) is 20.8 Å². The molecule has 23 heteroatoms. The lowest BCUT2D eigenvalue weighted by Gasteiger charge is -2.56. The van der Waals surface area contributed by atoms with Crippen LogP contribution in [-0.4, -0.2) is 185 Å². The summed E-state index contributed by atoms with van der Waals surface area (Å²) in [5.41, 5.74) is -3.37. The first-order valence-corrected chi connectivity index (χ1v) is 30.0. The number of nitrogens with zero attached hydrogens (tertiary/aromatic N) is 1. The fourth-order valence-electron chi connectivity index (χ4n) is 15.8. The molecule has 9 rings (SSSR count). The lowest BCUT2D eigenvalue weighted by Crippen LogP contribution is -2.65. The molecule has 0 aromatic carbocycles. The van der Waals surface area contributed by atoms with Crippen molar-refractivity contribution in [3.05, 3.63) is 68.5 Å². The Hall–Kier alpha value is -4.21. The van der Waals surface area contributed by atoms with Crippen LogP contribution in [0.2, 0.25) is 0 Å². The maximum absolute atomic E-state index is 15.6. The number of methoxy groups -OCH3 is 2. The van der Waals surface area contributed by atoms with Crippen LogP contribution < -0.4 is 5.32 Å². The SMILES string of the molecule is COC(=O)NC1C(C)OC(OC2CC=C(C)C3C=CC4C(OC5CC(OC6CC(O)C(OC7CC(O)C(OC)C(C)O7)C(C)O6)C(O)C(C)O5)C(C)CC(C)C4C3(C)/C(O)=C3/C(=O)OC4(CC(C)C(CO)=CC4C=C2C)C3=O)CC1(C)[N+](=O)[O-]. The van der Waals surface area contributed by atoms with Gasteiger partial charge in [-0.1, -0.05) is 63.6 Å². The number of allylic oxidation sites excluding steroid dienone is 3. The van der Waals surface area contributed by atoms with Crippen molar-refractivity contribution in [3.8, 4) is 0 Å². The number of nitro groups is 1. The smallest absolute Gasteiger partial charge is 0.407 e. The number of alkyl carbamates (subject to hydrolysis) is 1. The molecule has 27 unspecified atom stereocenters. The van der Waals surface area contributed by atoms with Gasteiger partial charge < -0.3 is 83.0 Å². The minimum Gasteiger partial charge on any atom is -0.511 e. The highest BCUT2D eigenvalue weighted by Crippen LogP contribution is 2.61. The van der Waals surface area contributed by atoms with Gasteiger partial charge in [-0.25, -0.2) is 9.59 Å². The molecule has 0 aromatic rings. The summed E-state index contributed by atoms with van der Waals surface area (Å²) >= 11 is 0. The third-order valence-corrected chi connectivity index (χ3v) is 20.3. The number of rotatable bonds is 12. The second-order valence-electron chi connectivity index (χ2n) is 25.9. The number of carbonyl (C=O) groups is 3. The third-order valence-electron chi connectivity index (χ3n) is 20.3. The standard InChI is InChI=1S/C61H90N2O21/c1-27-14-17-42(80-47-25-59(10,63(72)73)54(35(9)79-47)62-58(71)75-13)28(2)19-37-20-36(26-64)31(5)24-61(37)56(69)48(57(70)84-61)55(68)60(11)39(27)16-15-38-49(60)29(3)18-30(4)51(38)82-46-23-43(50(67)32(6)76-46)81-44-22-41(66)53(34(8)78-44)83-45-21-40(65)52(74-12)33(7)77-45/h14-16,19-20,29-35,37-47,49-54,64-68H,17-18,21-26H2,1-13H3,(H,62,71)/b27-14?,28-19?,55-48-. The van der Waals surface area contributed by atoms with E-state index in [1.54, 1.807) is 46.8 Å². The minimum atomic E-state index is -1.82. The third kappa shape index (κ3) is 11.8. The highest BCUT2D eigenvalue weighted by Gasteiger charge is 2.64. The van der Waals surface area contributed by atoms with Gasteiger partial charge in [0.2, 0.25) is 11.3 Å². The Kier molecular flexibility index (Phi) is 19.2. The molecule has 5 aliphatic heterocycles. The van der Waals surface area contributed by atoms with Crippen molar-refractivity contribution < 1.29 is 96.9 Å². The first kappa shape index (κ1) is 64.3. The molecular weight excluding hydrogens is 1100 g/mol. The Morgan fingerprint density at radius 1 is 0.762 bits per heavy atom. The molecule has 0 radical (unpaired) electrons. The molecule has 9 aliphatic rings. The normalized spacial score (nSPS) is 48.1. The summed E-state index contributed by atoms with van der Waals surface area (Å²) in [6.07, 6.45) is -3.57. The molecule has 6 fully saturated rings. The number of nitrogens with one attached hydrogen (secondary N) is 1. The zero-order valence-electron chi connectivity index (χ0n) is 50.6. The molecule has 23 nitrogen and oxygen atoms in total. The highest BCUT2D eigenvalue weighted by molar-refractivity contribution is 6.26. The van der Waals surface area contributed by atoms with Gasteiger partial charge in [0, 0.05) is 67.8 Å². The summed E-state index contributed by atoms with van der Waals surface area (Å²) in [4.78, 5) is 55.1. The lowest BCUT2D eigenvalue weighted by atomic mass is 9.49. The van der Waals surface area contributed by atoms with Crippen molar-refractivity contribution >= 4 is 17.8 Å². The van der Waals surface area contributed by atoms with Gasteiger partial charge in [0.15, 0.2) is 30.8 Å². The summed E-state index contributed by atoms with van der Waals surface area (Å²) in [5, 5.41) is 72.9. The molecule has 470 valence electrons. The van der Waals surface area contributed by atoms with E-state index in [2.05, 4.69) is 25.2 Å². The zero-order chi connectivity index (χ0) is 61.2. The van der Waals surface area contributed by atoms with E-state index in [1.807, 2.05) is 32.9 Å². The fraction of sp³-hybridized carbons (Fsp3) is 0.787. The second-order valence-corrected chi connectivity index (χ2v) is 25.9. The monoisotopic (exact) mass is 1190 g/mol. The number of Topliss-reactive ketones (excluding diaryl/α,β-unsaturated/α-hetero) is 1. The average Bonchev–Trinajstić information content (AvgIpc) is 2.80. The van der Waals surface area contributed by atoms with Gasteiger partial charge in [-0.05, 0) is 89.2 Å². The number of ether oxygens (including phenoxy) is 11. The summed E-state index contributed by atoms with van der Waals surface area (Å²) < 4.78 is 68.0. The van der Waals surface area contributed by atoms with Gasteiger partial charge in [0.25, 0.3) is 0 Å². The molecule has 0 aromatic heterocycles. The largest absolute Gasteiger partial charge is 0.511 e. The van der Waals surface area contributed by atoms with Crippen LogP contribution in [0.15, 0.2) is 58.4 Å². The van der Waals surface area contributed by atoms with Gasteiger partial charge in [-0.3, -0.25) is 14.9 Å². The van der Waals surface area contributed by atoms with Crippen molar-refractivity contribution in [1.82, 2.24) is 5.32 Å². The number of aliphatic hydroxyl groups excluding tert-OH is 5. The van der Waals surface area contributed by atoms with Crippen LogP contribution in [0.4, 0.5) is 4.79 Å². The Morgan fingerprint density at radius 3 is 2.01 bits per heavy atom. The molecular formula is C61H90N2O21. The Morgan fingerprint density at radius 2 is 1.38 bits per heavy atom. The van der Waals surface area contributed by atoms with Crippen LogP contribution in [-0.2, 0) is 61.7 Å². The molecule has 6 N–H and O–H groups in total. The first-order chi connectivity index (χ1) is 39.6. The van der Waals surface area contributed by atoms with Crippen molar-refractivity contribution in [1.29, 1.82) is 0 Å². The average molecular weight is 1190 g/mol. The molecule has 27 atom stereocenters. The van der Waals surface area contributed by atoms with Gasteiger partial charge in [-0.15, -0.1) is 0 Å². The van der Waals surface area contributed by atoms with Crippen LogP contribution in [0.3, 0.4) is 0 Å². The number of fused-ring (bicyclic) bond motifs is 4. The van der Waals surface area contributed by atoms with Gasteiger partial charge in [0.1, 0.15) is 35.7 Å². The highest BCUT2D eigenvalue weighted by atomic mass is 16.7. The first-order valence-electron chi connectivity index (χ1n) is 30.0. The molecule has 1 amide bonds. The van der Waals surface area contributed by atoms with E-state index in [0.29, 0.717) is 17.6 Å². The zero-order valence-corrected chi connectivity index (χ0v) is 50.6. The van der Waals surface area contributed by atoms with Gasteiger partial charge in [-0.2, -0.15) is 0 Å². The van der Waals surface area contributed by atoms with Crippen LogP contribution in [0.25, 0.3) is 0 Å². The van der Waals surface area contributed by atoms with Crippen molar-refractivity contribution in [3.63, 3.8) is 0 Å². The number of hydrogen-bond donors (Lipinski definition) is 6. The molecule has 84 heavy (non-hydrogen) atoms. The number of carbonyl (C=O) groups excluding carboxylic acids is 3. The molecule has 1 spiro atoms. The van der Waals surface area contributed by atoms with E-state index in [0.717, 1.165) is 5.57 Å². The predicted molar refractivity (Wildman–Crippen MR) is 298 cm³/mol. The number of aliphatic hydroxyl groups is 5. The topological polar surface area (TPSA) is 309 Å². The van der Waals surface area contributed by atoms with Crippen LogP contribution in [0.1, 0.15) is 121 Å². The van der Waals surface area contributed by atoms with Gasteiger partial charge >= 0.3 is 12.1 Å². The van der Waals surface area contributed by atoms with Gasteiger partial charge in [0.05, 0.1) is 75.1 Å². The second kappa shape index (κ2) is 25.1. The molecule has 4 aliphatic carbocycles. The summed E-state index contributed by atoms with van der Waals surface area (Å²) in [7, 11) is 2.67. The number of hydrogen-bond acceptors (Lipinski definition) is 21. The number of amides is 1. The van der Waals surface area contributed by atoms with E-state index in [1.165, 1.54) is 21.1 Å². The minimum absolute atomic E-state index is 0.00457. The number of esters is 1. The van der Waals surface area contributed by atoms with Crippen LogP contribution >= 0.6 is 0 Å². The Bertz CT molecular complexity index is 2600. The number of ketones is 1. The lowest BCUT2D eigenvalue weighted by molar-refractivity contribution is -0.584. The summed E-state index contributed by atoms with van der Waals surface area (Å²) in [5.74, 6) is -5.10. The van der Waals surface area contributed by atoms with E-state index in [-0.39, 0.29) is 57.0 Å². The predicted octanol–water partition coefficient (Wildman–Crippen LogP) is 5.57. The molecule has 1 saturated carbocycles. The van der Waals surface area contributed by atoms with Crippen molar-refractivity contribution in [2.45, 2.75) is 237 Å². The fourth-order valence-corrected chi connectivity index (χ4v) is 15.8. The summed E-state index contributed by atoms with van der Waals surface area (Å²) in [6, 6.07) is -1.08. The van der Waals surface area contributed by atoms with Crippen LogP contribution in [0.5, 0.6) is 0 Å². The van der Waals surface area contributed by atoms with E-state index in [9.17, 15) is 45.2 Å². The maximum atomic E-state index is 15.6. The van der Waals surface area contributed by atoms with E-state index in [4.69, 9.17) is 52.1 Å². The summed E-state index contributed by atoms with van der Waals surface area (Å²) in [6.45, 7) is 19.6. The van der Waals surface area contributed by atoms with E-state index < -0.39 is 185 Å².